The minimum atomic E-state index is 0.357. The van der Waals surface area contributed by atoms with E-state index in [1.807, 2.05) is 17.4 Å². The highest BCUT2D eigenvalue weighted by Gasteiger charge is 2.25. The Kier molecular flexibility index (Phi) is 2.76. The minimum Gasteiger partial charge on any atom is -0.349 e. The van der Waals surface area contributed by atoms with Crippen molar-refractivity contribution in [2.75, 3.05) is 11.4 Å². The number of nitrogens with zero attached hydrogens (tertiary/aromatic N) is 3. The van der Waals surface area contributed by atoms with Crippen LogP contribution in [0, 0.1) is 0 Å². The van der Waals surface area contributed by atoms with E-state index in [0.717, 1.165) is 18.8 Å². The molecule has 3 heterocycles. The maximum atomic E-state index is 5.92. The highest BCUT2D eigenvalue weighted by Crippen LogP contribution is 2.35. The molecule has 1 atom stereocenters. The van der Waals surface area contributed by atoms with Gasteiger partial charge in [0.25, 0.3) is 0 Å². The normalized spacial score (nSPS) is 19.2. The number of thiophene rings is 1. The first-order valence-corrected chi connectivity index (χ1v) is 6.82. The van der Waals surface area contributed by atoms with Gasteiger partial charge in [0.15, 0.2) is 0 Å². The molecular weight excluding hydrogens is 254 g/mol. The maximum absolute atomic E-state index is 5.92. The second kappa shape index (κ2) is 4.27. The average molecular weight is 266 g/mol. The van der Waals surface area contributed by atoms with E-state index in [0.29, 0.717) is 11.2 Å². The maximum Gasteiger partial charge on any atom is 0.134 e. The van der Waals surface area contributed by atoms with Crippen molar-refractivity contribution in [1.82, 2.24) is 9.97 Å². The fourth-order valence-corrected chi connectivity index (χ4v) is 3.41. The van der Waals surface area contributed by atoms with Crippen LogP contribution in [0.25, 0.3) is 0 Å². The molecule has 2 aromatic rings. The topological polar surface area (TPSA) is 29.0 Å². The van der Waals surface area contributed by atoms with Crippen LogP contribution in [0.3, 0.4) is 0 Å². The van der Waals surface area contributed by atoms with E-state index in [-0.39, 0.29) is 0 Å². The van der Waals surface area contributed by atoms with Crippen molar-refractivity contribution in [3.63, 3.8) is 0 Å². The average Bonchev–Trinajstić information content (AvgIpc) is 2.78. The largest absolute Gasteiger partial charge is 0.349 e. The smallest absolute Gasteiger partial charge is 0.134 e. The quantitative estimate of drug-likeness (QED) is 0.741. The molecule has 0 saturated carbocycles. The van der Waals surface area contributed by atoms with E-state index >= 15 is 0 Å². The third kappa shape index (κ3) is 1.91. The number of anilines is 1. The molecule has 2 aromatic heterocycles. The van der Waals surface area contributed by atoms with Crippen LogP contribution in [0.4, 0.5) is 5.82 Å². The van der Waals surface area contributed by atoms with Crippen molar-refractivity contribution in [3.05, 3.63) is 39.4 Å². The van der Waals surface area contributed by atoms with Crippen molar-refractivity contribution in [1.29, 1.82) is 0 Å². The Morgan fingerprint density at radius 3 is 3.18 bits per heavy atom. The van der Waals surface area contributed by atoms with Crippen molar-refractivity contribution in [2.45, 2.75) is 19.4 Å². The molecule has 88 valence electrons. The van der Waals surface area contributed by atoms with Gasteiger partial charge in [0.1, 0.15) is 17.3 Å². The van der Waals surface area contributed by atoms with E-state index in [4.69, 9.17) is 11.6 Å². The number of hydrogen-bond acceptors (Lipinski definition) is 4. The van der Waals surface area contributed by atoms with Gasteiger partial charge in [0.2, 0.25) is 0 Å². The van der Waals surface area contributed by atoms with Gasteiger partial charge in [0, 0.05) is 17.5 Å². The second-order valence-electron chi connectivity index (χ2n) is 4.12. The highest BCUT2D eigenvalue weighted by molar-refractivity contribution is 7.10. The monoisotopic (exact) mass is 265 g/mol. The summed E-state index contributed by atoms with van der Waals surface area (Å²) in [5, 5.41) is 2.66. The van der Waals surface area contributed by atoms with Gasteiger partial charge >= 0.3 is 0 Å². The predicted octanol–water partition coefficient (Wildman–Crippen LogP) is 3.32. The van der Waals surface area contributed by atoms with Gasteiger partial charge in [0.05, 0.1) is 6.04 Å². The van der Waals surface area contributed by atoms with E-state index in [9.17, 15) is 0 Å². The Bertz CT molecular complexity index is 540. The molecule has 0 spiro atoms. The molecule has 0 bridgehead atoms. The molecule has 1 aliphatic rings. The fourth-order valence-electron chi connectivity index (χ4n) is 2.30. The van der Waals surface area contributed by atoms with E-state index in [1.165, 1.54) is 16.8 Å². The van der Waals surface area contributed by atoms with E-state index in [1.54, 1.807) is 0 Å². The summed E-state index contributed by atoms with van der Waals surface area (Å²) in [5.41, 5.74) is 1.41. The van der Waals surface area contributed by atoms with Crippen molar-refractivity contribution in [2.24, 2.45) is 0 Å². The van der Waals surface area contributed by atoms with Crippen molar-refractivity contribution < 1.29 is 0 Å². The van der Waals surface area contributed by atoms with Crippen LogP contribution in [0.1, 0.15) is 23.4 Å². The molecule has 1 aliphatic heterocycles. The SMILES string of the molecule is CC1c2ccsc2CCN1c1cc(Cl)ncn1. The minimum absolute atomic E-state index is 0.357. The Morgan fingerprint density at radius 1 is 1.47 bits per heavy atom. The Labute approximate surface area is 109 Å². The van der Waals surface area contributed by atoms with Crippen molar-refractivity contribution >= 4 is 28.8 Å². The standard InChI is InChI=1S/C12H12ClN3S/c1-8-9-3-5-17-10(9)2-4-16(8)12-6-11(13)14-7-15-12/h3,5-8H,2,4H2,1H3. The predicted molar refractivity (Wildman–Crippen MR) is 70.8 cm³/mol. The molecule has 17 heavy (non-hydrogen) atoms. The van der Waals surface area contributed by atoms with E-state index in [2.05, 4.69) is 33.2 Å². The van der Waals surface area contributed by atoms with Gasteiger partial charge in [-0.3, -0.25) is 0 Å². The first-order chi connectivity index (χ1) is 8.25. The third-order valence-corrected chi connectivity index (χ3v) is 4.39. The molecule has 3 rings (SSSR count). The lowest BCUT2D eigenvalue weighted by Crippen LogP contribution is -2.33. The molecule has 1 unspecified atom stereocenters. The molecule has 0 radical (unpaired) electrons. The van der Waals surface area contributed by atoms with Gasteiger partial charge in [-0.25, -0.2) is 9.97 Å². The highest BCUT2D eigenvalue weighted by atomic mass is 35.5. The molecule has 0 fully saturated rings. The molecule has 0 aromatic carbocycles. The lowest BCUT2D eigenvalue weighted by Gasteiger charge is -2.34. The summed E-state index contributed by atoms with van der Waals surface area (Å²) in [5.74, 6) is 0.911. The summed E-state index contributed by atoms with van der Waals surface area (Å²) in [7, 11) is 0. The van der Waals surface area contributed by atoms with Crippen LogP contribution in [-0.2, 0) is 6.42 Å². The molecular formula is C12H12ClN3S. The summed E-state index contributed by atoms with van der Waals surface area (Å²) >= 11 is 7.76. The molecule has 0 N–H and O–H groups in total. The molecule has 5 heteroatoms. The van der Waals surface area contributed by atoms with E-state index < -0.39 is 0 Å². The number of fused-ring (bicyclic) bond motifs is 1. The molecule has 0 saturated heterocycles. The number of rotatable bonds is 1. The van der Waals surface area contributed by atoms with Crippen LogP contribution < -0.4 is 4.90 Å². The molecule has 0 aliphatic carbocycles. The Hall–Kier alpha value is -1.13. The number of hydrogen-bond donors (Lipinski definition) is 0. The summed E-state index contributed by atoms with van der Waals surface area (Å²) in [6.45, 7) is 3.20. The van der Waals surface area contributed by atoms with Crippen LogP contribution in [0.15, 0.2) is 23.8 Å². The first kappa shape index (κ1) is 11.0. The first-order valence-electron chi connectivity index (χ1n) is 5.56. The summed E-state index contributed by atoms with van der Waals surface area (Å²) in [4.78, 5) is 12.0. The van der Waals surface area contributed by atoms with Crippen LogP contribution in [0.5, 0.6) is 0 Å². The summed E-state index contributed by atoms with van der Waals surface area (Å²) in [6.07, 6.45) is 2.60. The zero-order valence-electron chi connectivity index (χ0n) is 9.43. The van der Waals surface area contributed by atoms with Crippen LogP contribution >= 0.6 is 22.9 Å². The molecule has 0 amide bonds. The van der Waals surface area contributed by atoms with Gasteiger partial charge in [-0.15, -0.1) is 11.3 Å². The number of aromatic nitrogens is 2. The Balaban J connectivity index is 1.96. The van der Waals surface area contributed by atoms with Gasteiger partial charge in [-0.1, -0.05) is 11.6 Å². The van der Waals surface area contributed by atoms with Crippen LogP contribution in [-0.4, -0.2) is 16.5 Å². The summed E-state index contributed by atoms with van der Waals surface area (Å²) in [6, 6.07) is 4.39. The third-order valence-electron chi connectivity index (χ3n) is 3.19. The molecule has 3 nitrogen and oxygen atoms in total. The zero-order valence-corrected chi connectivity index (χ0v) is 11.0. The van der Waals surface area contributed by atoms with Gasteiger partial charge in [-0.2, -0.15) is 0 Å². The summed E-state index contributed by atoms with van der Waals surface area (Å²) < 4.78 is 0. The second-order valence-corrected chi connectivity index (χ2v) is 5.51. The zero-order chi connectivity index (χ0) is 11.8. The van der Waals surface area contributed by atoms with Gasteiger partial charge < -0.3 is 4.90 Å². The Morgan fingerprint density at radius 2 is 2.35 bits per heavy atom. The number of halogens is 1. The lowest BCUT2D eigenvalue weighted by atomic mass is 10.0. The van der Waals surface area contributed by atoms with Gasteiger partial charge in [-0.05, 0) is 30.4 Å². The fraction of sp³-hybridized carbons (Fsp3) is 0.333. The van der Waals surface area contributed by atoms with Crippen molar-refractivity contribution in [3.8, 4) is 0 Å². The lowest BCUT2D eigenvalue weighted by molar-refractivity contribution is 0.624. The van der Waals surface area contributed by atoms with Crippen LogP contribution in [0.2, 0.25) is 5.15 Å².